The Labute approximate surface area is 136 Å². The summed E-state index contributed by atoms with van der Waals surface area (Å²) >= 11 is 0. The van der Waals surface area contributed by atoms with Crippen LogP contribution in [0, 0.1) is 18.3 Å². The van der Waals surface area contributed by atoms with Crippen LogP contribution >= 0.6 is 0 Å². The molecule has 0 fully saturated rings. The molecule has 0 aliphatic rings. The molecule has 2 heteroatoms. The van der Waals surface area contributed by atoms with Gasteiger partial charge in [0.15, 0.2) is 0 Å². The first-order valence-electron chi connectivity index (χ1n) is 7.46. The van der Waals surface area contributed by atoms with Crippen LogP contribution in [0.3, 0.4) is 0 Å². The fourth-order valence-corrected chi connectivity index (χ4v) is 2.58. The molecular weight excluding hydrogens is 282 g/mol. The van der Waals surface area contributed by atoms with Crippen molar-refractivity contribution in [3.63, 3.8) is 0 Å². The summed E-state index contributed by atoms with van der Waals surface area (Å²) < 4.78 is 5.16. The van der Waals surface area contributed by atoms with Crippen molar-refractivity contribution < 1.29 is 4.74 Å². The van der Waals surface area contributed by atoms with Crippen LogP contribution in [-0.4, -0.2) is 7.11 Å². The molecule has 0 N–H and O–H groups in total. The molecule has 0 saturated heterocycles. The molecule has 0 aliphatic carbocycles. The number of allylic oxidation sites excluding steroid dienone is 1. The Morgan fingerprint density at radius 3 is 2.35 bits per heavy atom. The van der Waals surface area contributed by atoms with E-state index in [1.165, 1.54) is 10.9 Å². The van der Waals surface area contributed by atoms with E-state index in [0.29, 0.717) is 5.57 Å². The number of nitriles is 1. The van der Waals surface area contributed by atoms with Crippen LogP contribution < -0.4 is 4.74 Å². The van der Waals surface area contributed by atoms with Crippen LogP contribution in [0.1, 0.15) is 16.7 Å². The molecule has 0 atom stereocenters. The molecule has 112 valence electrons. The molecule has 0 heterocycles. The van der Waals surface area contributed by atoms with Gasteiger partial charge < -0.3 is 4.74 Å². The molecule has 3 rings (SSSR count). The van der Waals surface area contributed by atoms with Crippen molar-refractivity contribution in [2.45, 2.75) is 6.92 Å². The maximum Gasteiger partial charge on any atom is 0.118 e. The highest BCUT2D eigenvalue weighted by Crippen LogP contribution is 2.24. The Morgan fingerprint density at radius 2 is 1.65 bits per heavy atom. The molecular formula is C21H17NO. The summed E-state index contributed by atoms with van der Waals surface area (Å²) in [5.41, 5.74) is 3.79. The van der Waals surface area contributed by atoms with Gasteiger partial charge in [0.25, 0.3) is 0 Å². The van der Waals surface area contributed by atoms with Crippen LogP contribution in [0.4, 0.5) is 0 Å². The molecule has 2 nitrogen and oxygen atoms in total. The molecule has 23 heavy (non-hydrogen) atoms. The number of fused-ring (bicyclic) bond motifs is 1. The van der Waals surface area contributed by atoms with Crippen molar-refractivity contribution in [3.05, 3.63) is 77.4 Å². The highest BCUT2D eigenvalue weighted by molar-refractivity contribution is 5.94. The van der Waals surface area contributed by atoms with Crippen molar-refractivity contribution in [1.29, 1.82) is 5.26 Å². The molecule has 0 spiro atoms. The standard InChI is InChI=1S/C21H17NO/c1-15-3-6-18-13-19(8-7-17(18)11-15)20(14-22)12-16-4-9-21(23-2)10-5-16/h3-13H,1-2H3. The van der Waals surface area contributed by atoms with E-state index < -0.39 is 0 Å². The molecule has 0 radical (unpaired) electrons. The van der Waals surface area contributed by atoms with Gasteiger partial charge in [-0.1, -0.05) is 48.0 Å². The monoisotopic (exact) mass is 299 g/mol. The molecule has 3 aromatic carbocycles. The first-order chi connectivity index (χ1) is 11.2. The minimum atomic E-state index is 0.651. The lowest BCUT2D eigenvalue weighted by Crippen LogP contribution is -1.85. The second kappa shape index (κ2) is 6.37. The van der Waals surface area contributed by atoms with Crippen LogP contribution in [-0.2, 0) is 0 Å². The van der Waals surface area contributed by atoms with Gasteiger partial charge in [-0.2, -0.15) is 5.26 Å². The molecule has 0 aliphatic heterocycles. The minimum absolute atomic E-state index is 0.651. The van der Waals surface area contributed by atoms with Gasteiger partial charge in [-0.05, 0) is 53.1 Å². The lowest BCUT2D eigenvalue weighted by atomic mass is 9.99. The van der Waals surface area contributed by atoms with Gasteiger partial charge in [0, 0.05) is 0 Å². The SMILES string of the molecule is COc1ccc(C=C(C#N)c2ccc3cc(C)ccc3c2)cc1. The van der Waals surface area contributed by atoms with Crippen molar-refractivity contribution in [2.75, 3.05) is 7.11 Å². The van der Waals surface area contributed by atoms with E-state index in [1.807, 2.05) is 36.4 Å². The average molecular weight is 299 g/mol. The average Bonchev–Trinajstić information content (AvgIpc) is 2.59. The van der Waals surface area contributed by atoms with E-state index >= 15 is 0 Å². The number of ether oxygens (including phenoxy) is 1. The predicted molar refractivity (Wildman–Crippen MR) is 95.2 cm³/mol. The fraction of sp³-hybridized carbons (Fsp3) is 0.0952. The third kappa shape index (κ3) is 3.25. The number of methoxy groups -OCH3 is 1. The molecule has 0 saturated carbocycles. The molecule has 0 amide bonds. The first kappa shape index (κ1) is 14.9. The maximum absolute atomic E-state index is 9.51. The highest BCUT2D eigenvalue weighted by atomic mass is 16.5. The van der Waals surface area contributed by atoms with Gasteiger partial charge in [0.2, 0.25) is 0 Å². The van der Waals surface area contributed by atoms with Crippen molar-refractivity contribution in [1.82, 2.24) is 0 Å². The Morgan fingerprint density at radius 1 is 0.957 bits per heavy atom. The smallest absolute Gasteiger partial charge is 0.118 e. The quantitative estimate of drug-likeness (QED) is 0.490. The Bertz CT molecular complexity index is 915. The van der Waals surface area contributed by atoms with E-state index in [-0.39, 0.29) is 0 Å². The van der Waals surface area contributed by atoms with Gasteiger partial charge in [-0.3, -0.25) is 0 Å². The van der Waals surface area contributed by atoms with Gasteiger partial charge in [0.1, 0.15) is 5.75 Å². The van der Waals surface area contributed by atoms with E-state index in [0.717, 1.165) is 22.3 Å². The summed E-state index contributed by atoms with van der Waals surface area (Å²) in [5, 5.41) is 11.8. The number of hydrogen-bond donors (Lipinski definition) is 0. The van der Waals surface area contributed by atoms with Gasteiger partial charge in [-0.15, -0.1) is 0 Å². The summed E-state index contributed by atoms with van der Waals surface area (Å²) in [4.78, 5) is 0. The maximum atomic E-state index is 9.51. The van der Waals surface area contributed by atoms with Crippen LogP contribution in [0.15, 0.2) is 60.7 Å². The zero-order valence-corrected chi connectivity index (χ0v) is 13.2. The van der Waals surface area contributed by atoms with Gasteiger partial charge in [0.05, 0.1) is 18.8 Å². The van der Waals surface area contributed by atoms with Crippen LogP contribution in [0.25, 0.3) is 22.4 Å². The van der Waals surface area contributed by atoms with Gasteiger partial charge >= 0.3 is 0 Å². The largest absolute Gasteiger partial charge is 0.497 e. The van der Waals surface area contributed by atoms with Crippen molar-refractivity contribution >= 4 is 22.4 Å². The summed E-state index contributed by atoms with van der Waals surface area (Å²) in [6.45, 7) is 2.08. The second-order valence-electron chi connectivity index (χ2n) is 5.51. The lowest BCUT2D eigenvalue weighted by Gasteiger charge is -2.05. The van der Waals surface area contributed by atoms with Crippen LogP contribution in [0.2, 0.25) is 0 Å². The van der Waals surface area contributed by atoms with E-state index in [1.54, 1.807) is 7.11 Å². The summed E-state index contributed by atoms with van der Waals surface area (Å²) in [7, 11) is 1.64. The van der Waals surface area contributed by atoms with Gasteiger partial charge in [-0.25, -0.2) is 0 Å². The third-order valence-electron chi connectivity index (χ3n) is 3.85. The predicted octanol–water partition coefficient (Wildman–Crippen LogP) is 5.22. The number of aryl methyl sites for hydroxylation is 1. The van der Waals surface area contributed by atoms with Crippen molar-refractivity contribution in [3.8, 4) is 11.8 Å². The number of rotatable bonds is 3. The number of nitrogens with zero attached hydrogens (tertiary/aromatic N) is 1. The van der Waals surface area contributed by atoms with E-state index in [9.17, 15) is 5.26 Å². The topological polar surface area (TPSA) is 33.0 Å². The first-order valence-corrected chi connectivity index (χ1v) is 7.46. The Hall–Kier alpha value is -3.05. The molecule has 0 unspecified atom stereocenters. The number of hydrogen-bond acceptors (Lipinski definition) is 2. The Kier molecular flexibility index (Phi) is 4.12. The third-order valence-corrected chi connectivity index (χ3v) is 3.85. The summed E-state index contributed by atoms with van der Waals surface area (Å²) in [6, 6.07) is 22.4. The fourth-order valence-electron chi connectivity index (χ4n) is 2.58. The summed E-state index contributed by atoms with van der Waals surface area (Å²) in [5.74, 6) is 0.807. The molecule has 0 aromatic heterocycles. The summed E-state index contributed by atoms with van der Waals surface area (Å²) in [6.07, 6.45) is 1.90. The highest BCUT2D eigenvalue weighted by Gasteiger charge is 2.03. The van der Waals surface area contributed by atoms with E-state index in [2.05, 4.69) is 43.3 Å². The lowest BCUT2D eigenvalue weighted by molar-refractivity contribution is 0.415. The second-order valence-corrected chi connectivity index (χ2v) is 5.51. The number of benzene rings is 3. The normalized spacial score (nSPS) is 11.3. The zero-order chi connectivity index (χ0) is 16.2. The Balaban J connectivity index is 2.01. The molecule has 3 aromatic rings. The zero-order valence-electron chi connectivity index (χ0n) is 13.2. The van der Waals surface area contributed by atoms with E-state index in [4.69, 9.17) is 4.74 Å². The van der Waals surface area contributed by atoms with Crippen LogP contribution in [0.5, 0.6) is 5.75 Å². The minimum Gasteiger partial charge on any atom is -0.497 e. The van der Waals surface area contributed by atoms with Crippen molar-refractivity contribution in [2.24, 2.45) is 0 Å². The molecule has 0 bridgehead atoms.